The van der Waals surface area contributed by atoms with Crippen LogP contribution in [0.5, 0.6) is 0 Å². The van der Waals surface area contributed by atoms with Gasteiger partial charge in [0, 0.05) is 17.4 Å². The maximum Gasteiger partial charge on any atom is 0.421 e. The summed E-state index contributed by atoms with van der Waals surface area (Å²) < 4.78 is 7.83. The monoisotopic (exact) mass is 327 g/mol. The highest BCUT2D eigenvalue weighted by molar-refractivity contribution is 7.96. The van der Waals surface area contributed by atoms with Gasteiger partial charge in [0.2, 0.25) is 0 Å². The second kappa shape index (κ2) is 6.28. The zero-order valence-corrected chi connectivity index (χ0v) is 14.4. The molecule has 1 fully saturated rings. The summed E-state index contributed by atoms with van der Waals surface area (Å²) in [6.07, 6.45) is 1.65. The Balaban J connectivity index is 2.26. The SMILES string of the molecule is CSN1C(=O)OC(c2ccccc2)(c2ccccc2)[C@@H]1C(C)C. The lowest BCUT2D eigenvalue weighted by Crippen LogP contribution is -2.45. The molecule has 1 heterocycles. The summed E-state index contributed by atoms with van der Waals surface area (Å²) in [6.45, 7) is 4.27. The van der Waals surface area contributed by atoms with Crippen LogP contribution in [0.15, 0.2) is 60.7 Å². The van der Waals surface area contributed by atoms with Gasteiger partial charge in [0.25, 0.3) is 0 Å². The Morgan fingerprint density at radius 2 is 1.48 bits per heavy atom. The standard InChI is InChI=1S/C19H21NO2S/c1-14(2)17-19(15-10-6-4-7-11-15,16-12-8-5-9-13-16)22-18(21)20(17)23-3/h4-14,17H,1-3H3/t17-/m0/s1. The summed E-state index contributed by atoms with van der Waals surface area (Å²) in [6, 6.07) is 20.0. The highest BCUT2D eigenvalue weighted by atomic mass is 32.2. The predicted molar refractivity (Wildman–Crippen MR) is 94.1 cm³/mol. The Morgan fingerprint density at radius 1 is 1.00 bits per heavy atom. The maximum absolute atomic E-state index is 12.6. The minimum atomic E-state index is -0.781. The third-order valence-corrected chi connectivity index (χ3v) is 5.10. The van der Waals surface area contributed by atoms with Gasteiger partial charge in [0.15, 0.2) is 5.60 Å². The zero-order chi connectivity index (χ0) is 16.4. The van der Waals surface area contributed by atoms with E-state index >= 15 is 0 Å². The van der Waals surface area contributed by atoms with Crippen molar-refractivity contribution in [3.8, 4) is 0 Å². The second-order valence-electron chi connectivity index (χ2n) is 6.03. The Labute approximate surface area is 141 Å². The summed E-state index contributed by atoms with van der Waals surface area (Å²) in [7, 11) is 0. The third-order valence-electron chi connectivity index (χ3n) is 4.33. The number of carbonyl (C=O) groups excluding carboxylic acids is 1. The number of ether oxygens (including phenoxy) is 1. The molecule has 1 saturated heterocycles. The number of hydrogen-bond donors (Lipinski definition) is 0. The fourth-order valence-electron chi connectivity index (χ4n) is 3.45. The zero-order valence-electron chi connectivity index (χ0n) is 13.6. The predicted octanol–water partition coefficient (Wildman–Crippen LogP) is 4.69. The maximum atomic E-state index is 12.6. The molecule has 2 aromatic rings. The molecule has 120 valence electrons. The van der Waals surface area contributed by atoms with Gasteiger partial charge in [0.1, 0.15) is 0 Å². The van der Waals surface area contributed by atoms with Crippen LogP contribution in [-0.2, 0) is 10.3 Å². The lowest BCUT2D eigenvalue weighted by atomic mass is 9.76. The van der Waals surface area contributed by atoms with Crippen molar-refractivity contribution in [2.24, 2.45) is 5.92 Å². The highest BCUT2D eigenvalue weighted by Gasteiger charge is 2.57. The molecule has 0 saturated carbocycles. The van der Waals surface area contributed by atoms with E-state index in [0.29, 0.717) is 0 Å². The number of cyclic esters (lactones) is 1. The Kier molecular flexibility index (Phi) is 4.35. The van der Waals surface area contributed by atoms with Gasteiger partial charge in [-0.1, -0.05) is 74.5 Å². The van der Waals surface area contributed by atoms with Gasteiger partial charge in [-0.05, 0) is 17.9 Å². The first-order valence-electron chi connectivity index (χ1n) is 7.78. The Morgan fingerprint density at radius 3 is 1.87 bits per heavy atom. The molecule has 4 heteroatoms. The van der Waals surface area contributed by atoms with Crippen molar-refractivity contribution in [2.75, 3.05) is 6.26 Å². The Bertz CT molecular complexity index is 633. The lowest BCUT2D eigenvalue weighted by molar-refractivity contribution is 0.0571. The molecule has 0 aromatic heterocycles. The van der Waals surface area contributed by atoms with Gasteiger partial charge >= 0.3 is 6.09 Å². The summed E-state index contributed by atoms with van der Waals surface area (Å²) >= 11 is 1.43. The second-order valence-corrected chi connectivity index (χ2v) is 6.79. The summed E-state index contributed by atoms with van der Waals surface area (Å²) in [5, 5.41) is 0. The molecular formula is C19H21NO2S. The molecule has 0 bridgehead atoms. The summed E-state index contributed by atoms with van der Waals surface area (Å²) in [5.74, 6) is 0.245. The molecule has 0 N–H and O–H groups in total. The van der Waals surface area contributed by atoms with E-state index in [4.69, 9.17) is 4.74 Å². The van der Waals surface area contributed by atoms with Crippen molar-refractivity contribution in [3.63, 3.8) is 0 Å². The van der Waals surface area contributed by atoms with Crippen LogP contribution in [0.4, 0.5) is 4.79 Å². The number of rotatable bonds is 4. The largest absolute Gasteiger partial charge is 0.430 e. The van der Waals surface area contributed by atoms with Crippen LogP contribution in [0.1, 0.15) is 25.0 Å². The highest BCUT2D eigenvalue weighted by Crippen LogP contribution is 2.48. The normalized spacial score (nSPS) is 19.9. The van der Waals surface area contributed by atoms with E-state index in [-0.39, 0.29) is 18.1 Å². The molecular weight excluding hydrogens is 306 g/mol. The van der Waals surface area contributed by atoms with Crippen molar-refractivity contribution in [3.05, 3.63) is 71.8 Å². The quantitative estimate of drug-likeness (QED) is 0.763. The third kappa shape index (κ3) is 2.51. The first-order chi connectivity index (χ1) is 11.1. The molecule has 1 atom stereocenters. The van der Waals surface area contributed by atoms with E-state index in [1.54, 1.807) is 4.31 Å². The molecule has 1 amide bonds. The molecule has 3 rings (SSSR count). The van der Waals surface area contributed by atoms with Gasteiger partial charge in [-0.25, -0.2) is 9.10 Å². The molecule has 0 spiro atoms. The van der Waals surface area contributed by atoms with Crippen LogP contribution in [0.3, 0.4) is 0 Å². The van der Waals surface area contributed by atoms with Crippen molar-refractivity contribution < 1.29 is 9.53 Å². The molecule has 1 aliphatic heterocycles. The minimum Gasteiger partial charge on any atom is -0.430 e. The first kappa shape index (κ1) is 15.9. The van der Waals surface area contributed by atoms with Crippen LogP contribution in [0.25, 0.3) is 0 Å². The minimum absolute atomic E-state index is 0.0743. The average molecular weight is 327 g/mol. The van der Waals surface area contributed by atoms with Gasteiger partial charge in [0.05, 0.1) is 6.04 Å². The molecule has 0 unspecified atom stereocenters. The van der Waals surface area contributed by atoms with Gasteiger partial charge < -0.3 is 4.74 Å². The molecule has 23 heavy (non-hydrogen) atoms. The number of hydrogen-bond acceptors (Lipinski definition) is 3. The fourth-order valence-corrected chi connectivity index (χ4v) is 4.25. The Hall–Kier alpha value is -1.94. The molecule has 0 aliphatic carbocycles. The summed E-state index contributed by atoms with van der Waals surface area (Å²) in [4.78, 5) is 12.6. The van der Waals surface area contributed by atoms with E-state index in [1.165, 1.54) is 11.9 Å². The number of amides is 1. The van der Waals surface area contributed by atoms with E-state index in [1.807, 2.05) is 66.9 Å². The molecule has 1 aliphatic rings. The van der Waals surface area contributed by atoms with Gasteiger partial charge in [-0.15, -0.1) is 0 Å². The van der Waals surface area contributed by atoms with Crippen LogP contribution in [-0.4, -0.2) is 22.7 Å². The number of carbonyl (C=O) groups is 1. The lowest BCUT2D eigenvalue weighted by Gasteiger charge is -2.37. The van der Waals surface area contributed by atoms with Crippen LogP contribution in [0, 0.1) is 5.92 Å². The first-order valence-corrected chi connectivity index (χ1v) is 8.96. The molecule has 0 radical (unpaired) electrons. The number of benzene rings is 2. The summed E-state index contributed by atoms with van der Waals surface area (Å²) in [5.41, 5.74) is 1.24. The smallest absolute Gasteiger partial charge is 0.421 e. The molecule has 2 aromatic carbocycles. The van der Waals surface area contributed by atoms with Crippen LogP contribution >= 0.6 is 11.9 Å². The van der Waals surface area contributed by atoms with E-state index in [0.717, 1.165) is 11.1 Å². The van der Waals surface area contributed by atoms with Crippen molar-refractivity contribution >= 4 is 18.0 Å². The van der Waals surface area contributed by atoms with Crippen molar-refractivity contribution in [1.82, 2.24) is 4.31 Å². The van der Waals surface area contributed by atoms with Crippen molar-refractivity contribution in [1.29, 1.82) is 0 Å². The van der Waals surface area contributed by atoms with Crippen LogP contribution in [0.2, 0.25) is 0 Å². The van der Waals surface area contributed by atoms with Crippen molar-refractivity contribution in [2.45, 2.75) is 25.5 Å². The number of nitrogens with zero attached hydrogens (tertiary/aromatic N) is 1. The van der Waals surface area contributed by atoms with Crippen LogP contribution < -0.4 is 0 Å². The van der Waals surface area contributed by atoms with E-state index in [9.17, 15) is 4.79 Å². The molecule has 3 nitrogen and oxygen atoms in total. The van der Waals surface area contributed by atoms with E-state index < -0.39 is 5.60 Å². The fraction of sp³-hybridized carbons (Fsp3) is 0.316. The van der Waals surface area contributed by atoms with E-state index in [2.05, 4.69) is 13.8 Å². The topological polar surface area (TPSA) is 29.5 Å². The average Bonchev–Trinajstić information content (AvgIpc) is 2.90. The van der Waals surface area contributed by atoms with Gasteiger partial charge in [-0.2, -0.15) is 0 Å². The van der Waals surface area contributed by atoms with Gasteiger partial charge in [-0.3, -0.25) is 0 Å².